The average molecular weight is 429 g/mol. The minimum atomic E-state index is -0.271. The first kappa shape index (κ1) is 15.6. The highest BCUT2D eigenvalue weighted by atomic mass is 79.9. The molecule has 114 valence electrons. The van der Waals surface area contributed by atoms with Crippen LogP contribution in [0.25, 0.3) is 0 Å². The van der Waals surface area contributed by atoms with Gasteiger partial charge in [0.15, 0.2) is 0 Å². The fourth-order valence-corrected chi connectivity index (χ4v) is 3.11. The van der Waals surface area contributed by atoms with Gasteiger partial charge in [-0.3, -0.25) is 4.99 Å². The van der Waals surface area contributed by atoms with Gasteiger partial charge in [0.2, 0.25) is 0 Å². The highest BCUT2D eigenvalue weighted by molar-refractivity contribution is 9.11. The van der Waals surface area contributed by atoms with Crippen LogP contribution in [0.15, 0.2) is 50.6 Å². The lowest BCUT2D eigenvalue weighted by molar-refractivity contribution is 0.144. The Morgan fingerprint density at radius 1 is 1.23 bits per heavy atom. The van der Waals surface area contributed by atoms with Crippen molar-refractivity contribution < 1.29 is 9.13 Å². The maximum Gasteiger partial charge on any atom is 0.130 e. The van der Waals surface area contributed by atoms with Gasteiger partial charge in [0.05, 0.1) is 12.3 Å². The molecule has 2 heterocycles. The van der Waals surface area contributed by atoms with Crippen molar-refractivity contribution in [3.8, 4) is 0 Å². The van der Waals surface area contributed by atoms with Crippen LogP contribution in [0.5, 0.6) is 0 Å². The topological polar surface area (TPSA) is 46.5 Å². The Bertz CT molecular complexity index is 724. The van der Waals surface area contributed by atoms with E-state index in [1.165, 1.54) is 12.1 Å². The zero-order chi connectivity index (χ0) is 15.5. The van der Waals surface area contributed by atoms with Crippen LogP contribution in [0.4, 0.5) is 10.1 Å². The Morgan fingerprint density at radius 3 is 2.86 bits per heavy atom. The molecule has 0 radical (unpaired) electrons. The van der Waals surface area contributed by atoms with Gasteiger partial charge in [-0.25, -0.2) is 9.37 Å². The summed E-state index contributed by atoms with van der Waals surface area (Å²) in [6.45, 7) is 0.822. The summed E-state index contributed by atoms with van der Waals surface area (Å²) in [5.74, 6) is 0.415. The molecule has 0 spiro atoms. The lowest BCUT2D eigenvalue weighted by atomic mass is 10.1. The molecule has 2 aromatic rings. The van der Waals surface area contributed by atoms with Crippen molar-refractivity contribution in [2.45, 2.75) is 6.04 Å². The number of benzene rings is 1. The number of nitrogens with zero attached hydrogens (tertiary/aromatic N) is 2. The molecule has 1 unspecified atom stereocenters. The van der Waals surface area contributed by atoms with E-state index in [4.69, 9.17) is 4.74 Å². The van der Waals surface area contributed by atoms with E-state index in [-0.39, 0.29) is 11.9 Å². The number of nitrogens with one attached hydrogen (secondary N) is 1. The Balaban J connectivity index is 1.81. The third kappa shape index (κ3) is 3.71. The Hall–Kier alpha value is -1.31. The van der Waals surface area contributed by atoms with Gasteiger partial charge in [-0.1, -0.05) is 12.1 Å². The number of anilines is 1. The second-order valence-electron chi connectivity index (χ2n) is 4.76. The van der Waals surface area contributed by atoms with E-state index >= 15 is 0 Å². The van der Waals surface area contributed by atoms with Crippen molar-refractivity contribution in [3.05, 3.63) is 57.0 Å². The molecule has 22 heavy (non-hydrogen) atoms. The zero-order valence-corrected chi connectivity index (χ0v) is 14.6. The first-order valence-electron chi connectivity index (χ1n) is 6.61. The molecule has 0 fully saturated rings. The van der Waals surface area contributed by atoms with Gasteiger partial charge < -0.3 is 10.1 Å². The lowest BCUT2D eigenvalue weighted by Crippen LogP contribution is -2.27. The molecule has 1 N–H and O–H groups in total. The molecule has 0 amide bonds. The summed E-state index contributed by atoms with van der Waals surface area (Å²) in [5.41, 5.74) is 1.59. The van der Waals surface area contributed by atoms with Crippen molar-refractivity contribution in [3.63, 3.8) is 0 Å². The smallest absolute Gasteiger partial charge is 0.130 e. The molecule has 0 saturated carbocycles. The van der Waals surface area contributed by atoms with Gasteiger partial charge in [0.1, 0.15) is 33.5 Å². The van der Waals surface area contributed by atoms with Crippen LogP contribution in [-0.2, 0) is 4.74 Å². The Morgan fingerprint density at radius 2 is 2.09 bits per heavy atom. The summed E-state index contributed by atoms with van der Waals surface area (Å²) in [6.07, 6.45) is 0. The number of rotatable bonds is 2. The summed E-state index contributed by atoms with van der Waals surface area (Å²) in [5, 5.41) is 3.19. The molecule has 4 nitrogen and oxygen atoms in total. The lowest BCUT2D eigenvalue weighted by Gasteiger charge is -2.22. The maximum absolute atomic E-state index is 13.3. The van der Waals surface area contributed by atoms with Crippen LogP contribution in [-0.4, -0.2) is 24.0 Å². The molecule has 1 aliphatic heterocycles. The number of aromatic nitrogens is 1. The van der Waals surface area contributed by atoms with Crippen LogP contribution < -0.4 is 5.32 Å². The molecule has 1 aromatic heterocycles. The van der Waals surface area contributed by atoms with Crippen LogP contribution in [0, 0.1) is 5.82 Å². The van der Waals surface area contributed by atoms with E-state index in [0.29, 0.717) is 23.7 Å². The zero-order valence-electron chi connectivity index (χ0n) is 11.4. The van der Waals surface area contributed by atoms with Crippen LogP contribution >= 0.6 is 31.9 Å². The van der Waals surface area contributed by atoms with Gasteiger partial charge in [0.25, 0.3) is 0 Å². The van der Waals surface area contributed by atoms with E-state index in [2.05, 4.69) is 47.2 Å². The molecule has 0 saturated heterocycles. The number of amidine groups is 1. The van der Waals surface area contributed by atoms with E-state index < -0.39 is 0 Å². The third-order valence-corrected chi connectivity index (χ3v) is 4.20. The van der Waals surface area contributed by atoms with Gasteiger partial charge in [0, 0.05) is 0 Å². The number of pyridine rings is 1. The van der Waals surface area contributed by atoms with Crippen LogP contribution in [0.3, 0.4) is 0 Å². The quantitative estimate of drug-likeness (QED) is 0.724. The number of hydrogen-bond acceptors (Lipinski definition) is 4. The summed E-state index contributed by atoms with van der Waals surface area (Å²) in [4.78, 5) is 8.86. The van der Waals surface area contributed by atoms with E-state index in [9.17, 15) is 4.39 Å². The minimum absolute atomic E-state index is 0.214. The van der Waals surface area contributed by atoms with Gasteiger partial charge in [-0.05, 0) is 61.7 Å². The molecular weight excluding hydrogens is 417 g/mol. The van der Waals surface area contributed by atoms with Crippen molar-refractivity contribution in [1.29, 1.82) is 0 Å². The monoisotopic (exact) mass is 427 g/mol. The first-order chi connectivity index (χ1) is 10.6. The third-order valence-electron chi connectivity index (χ3n) is 3.15. The number of aliphatic imine (C=N–C) groups is 1. The maximum atomic E-state index is 13.3. The normalized spacial score (nSPS) is 18.0. The Kier molecular flexibility index (Phi) is 4.85. The molecule has 0 aliphatic carbocycles. The molecule has 1 aliphatic rings. The molecule has 3 rings (SSSR count). The summed E-state index contributed by atoms with van der Waals surface area (Å²) < 4.78 is 20.3. The summed E-state index contributed by atoms with van der Waals surface area (Å²) >= 11 is 6.70. The number of hydrogen-bond donors (Lipinski definition) is 1. The molecular formula is C15H12Br2FN3O. The molecule has 1 aromatic carbocycles. The second kappa shape index (κ2) is 6.85. The van der Waals surface area contributed by atoms with Crippen molar-refractivity contribution in [2.75, 3.05) is 18.5 Å². The van der Waals surface area contributed by atoms with Gasteiger partial charge in [-0.2, -0.15) is 0 Å². The van der Waals surface area contributed by atoms with Crippen LogP contribution in [0.1, 0.15) is 11.6 Å². The fourth-order valence-electron chi connectivity index (χ4n) is 2.14. The molecule has 0 bridgehead atoms. The highest BCUT2D eigenvalue weighted by Gasteiger charge is 2.18. The first-order valence-corrected chi connectivity index (χ1v) is 8.19. The second-order valence-corrected chi connectivity index (χ2v) is 6.32. The van der Waals surface area contributed by atoms with Crippen LogP contribution in [0.2, 0.25) is 0 Å². The number of halogens is 3. The van der Waals surface area contributed by atoms with Crippen molar-refractivity contribution in [2.24, 2.45) is 4.99 Å². The number of ether oxygens (including phenoxy) is 1. The average Bonchev–Trinajstić information content (AvgIpc) is 2.50. The Labute approximate surface area is 144 Å². The van der Waals surface area contributed by atoms with Crippen molar-refractivity contribution in [1.82, 2.24) is 4.98 Å². The minimum Gasteiger partial charge on any atom is -0.371 e. The predicted molar refractivity (Wildman–Crippen MR) is 90.7 cm³/mol. The van der Waals surface area contributed by atoms with Gasteiger partial charge in [-0.15, -0.1) is 0 Å². The SMILES string of the molecule is Fc1cccc(C2COCC(Nc3ccc(Br)nc3Br)=N2)c1. The van der Waals surface area contributed by atoms with Gasteiger partial charge >= 0.3 is 0 Å². The summed E-state index contributed by atoms with van der Waals surface area (Å²) in [7, 11) is 0. The largest absolute Gasteiger partial charge is 0.371 e. The molecule has 7 heteroatoms. The van der Waals surface area contributed by atoms with Crippen molar-refractivity contribution >= 4 is 43.4 Å². The predicted octanol–water partition coefficient (Wildman–Crippen LogP) is 4.33. The standard InChI is InChI=1S/C15H12Br2FN3O/c16-13-5-4-11(15(17)21-13)19-14-8-22-7-12(20-14)9-2-1-3-10(18)6-9/h1-6,12H,7-8H2,(H,19,20). The fraction of sp³-hybridized carbons (Fsp3) is 0.200. The highest BCUT2D eigenvalue weighted by Crippen LogP contribution is 2.25. The summed E-state index contributed by atoms with van der Waals surface area (Å²) in [6, 6.07) is 9.93. The van der Waals surface area contributed by atoms with E-state index in [1.54, 1.807) is 6.07 Å². The van der Waals surface area contributed by atoms with E-state index in [0.717, 1.165) is 15.9 Å². The molecule has 1 atom stereocenters. The van der Waals surface area contributed by atoms with E-state index in [1.807, 2.05) is 18.2 Å².